The molecule has 0 aromatic heterocycles. The SMILES string of the molecule is O=C1CN(c2cccc(Cl)c2)c2cc(Cl)c(Cl)cc2N1. The number of halogens is 3. The Bertz CT molecular complexity index is 703. The van der Waals surface area contributed by atoms with Crippen LogP contribution < -0.4 is 10.2 Å². The van der Waals surface area contributed by atoms with Crippen LogP contribution in [0.1, 0.15) is 0 Å². The molecule has 0 bridgehead atoms. The number of carbonyl (C=O) groups excluding carboxylic acids is 1. The van der Waals surface area contributed by atoms with Crippen LogP contribution in [0, 0.1) is 0 Å². The predicted octanol–water partition coefficient (Wildman–Crippen LogP) is 4.74. The summed E-state index contributed by atoms with van der Waals surface area (Å²) in [7, 11) is 0. The molecule has 3 rings (SSSR count). The second-order valence-electron chi connectivity index (χ2n) is 4.40. The summed E-state index contributed by atoms with van der Waals surface area (Å²) in [4.78, 5) is 13.7. The van der Waals surface area contributed by atoms with E-state index in [1.165, 1.54) is 0 Å². The smallest absolute Gasteiger partial charge is 0.244 e. The standard InChI is InChI=1S/C14H9Cl3N2O/c15-8-2-1-3-9(4-8)19-7-14(20)18-12-5-10(16)11(17)6-13(12)19/h1-6H,7H2,(H,18,20). The zero-order chi connectivity index (χ0) is 14.3. The Morgan fingerprint density at radius 1 is 1.05 bits per heavy atom. The van der Waals surface area contributed by atoms with Gasteiger partial charge >= 0.3 is 0 Å². The van der Waals surface area contributed by atoms with E-state index in [1.54, 1.807) is 24.3 Å². The average molecular weight is 328 g/mol. The number of amides is 1. The van der Waals surface area contributed by atoms with E-state index in [2.05, 4.69) is 5.32 Å². The number of carbonyl (C=O) groups is 1. The molecule has 0 spiro atoms. The molecule has 1 heterocycles. The van der Waals surface area contributed by atoms with E-state index >= 15 is 0 Å². The van der Waals surface area contributed by atoms with Crippen molar-refractivity contribution in [3.05, 3.63) is 51.5 Å². The Balaban J connectivity index is 2.14. The van der Waals surface area contributed by atoms with Crippen LogP contribution in [0.15, 0.2) is 36.4 Å². The van der Waals surface area contributed by atoms with Gasteiger partial charge in [0, 0.05) is 10.7 Å². The Morgan fingerprint density at radius 2 is 1.80 bits per heavy atom. The third-order valence-corrected chi connectivity index (χ3v) is 3.98. The van der Waals surface area contributed by atoms with Crippen LogP contribution >= 0.6 is 34.8 Å². The van der Waals surface area contributed by atoms with Gasteiger partial charge in [-0.3, -0.25) is 4.79 Å². The minimum atomic E-state index is -0.115. The van der Waals surface area contributed by atoms with Crippen molar-refractivity contribution < 1.29 is 4.79 Å². The van der Waals surface area contributed by atoms with Crippen LogP contribution in [0.4, 0.5) is 17.1 Å². The lowest BCUT2D eigenvalue weighted by Crippen LogP contribution is -2.35. The van der Waals surface area contributed by atoms with Crippen LogP contribution in [0.25, 0.3) is 0 Å². The van der Waals surface area contributed by atoms with Gasteiger partial charge in [-0.05, 0) is 30.3 Å². The van der Waals surface area contributed by atoms with Crippen LogP contribution in [0.2, 0.25) is 15.1 Å². The highest BCUT2D eigenvalue weighted by atomic mass is 35.5. The van der Waals surface area contributed by atoms with Gasteiger partial charge < -0.3 is 10.2 Å². The molecular formula is C14H9Cl3N2O. The quantitative estimate of drug-likeness (QED) is 0.820. The molecule has 0 radical (unpaired) electrons. The molecule has 3 nitrogen and oxygen atoms in total. The zero-order valence-corrected chi connectivity index (χ0v) is 12.4. The lowest BCUT2D eigenvalue weighted by molar-refractivity contribution is -0.115. The van der Waals surface area contributed by atoms with E-state index in [-0.39, 0.29) is 12.5 Å². The summed E-state index contributed by atoms with van der Waals surface area (Å²) in [6, 6.07) is 10.7. The van der Waals surface area contributed by atoms with Gasteiger partial charge in [-0.1, -0.05) is 40.9 Å². The van der Waals surface area contributed by atoms with Gasteiger partial charge in [0.15, 0.2) is 0 Å². The average Bonchev–Trinajstić information content (AvgIpc) is 2.40. The largest absolute Gasteiger partial charge is 0.330 e. The molecule has 0 saturated heterocycles. The predicted molar refractivity (Wildman–Crippen MR) is 83.5 cm³/mol. The second-order valence-corrected chi connectivity index (χ2v) is 5.65. The van der Waals surface area contributed by atoms with E-state index in [0.717, 1.165) is 11.4 Å². The number of nitrogens with one attached hydrogen (secondary N) is 1. The van der Waals surface area contributed by atoms with Crippen LogP contribution in [-0.2, 0) is 4.79 Å². The second kappa shape index (κ2) is 5.17. The van der Waals surface area contributed by atoms with Gasteiger partial charge in [-0.15, -0.1) is 0 Å². The molecule has 102 valence electrons. The van der Waals surface area contributed by atoms with E-state index in [1.807, 2.05) is 17.0 Å². The maximum absolute atomic E-state index is 11.8. The summed E-state index contributed by atoms with van der Waals surface area (Å²) in [6.45, 7) is 0.200. The number of anilines is 3. The summed E-state index contributed by atoms with van der Waals surface area (Å²) < 4.78 is 0. The third kappa shape index (κ3) is 2.44. The molecule has 0 unspecified atom stereocenters. The van der Waals surface area contributed by atoms with E-state index < -0.39 is 0 Å². The molecule has 1 aliphatic rings. The van der Waals surface area contributed by atoms with E-state index in [0.29, 0.717) is 20.8 Å². The van der Waals surface area contributed by atoms with Crippen LogP contribution in [-0.4, -0.2) is 12.5 Å². The molecular weight excluding hydrogens is 319 g/mol. The van der Waals surface area contributed by atoms with Gasteiger partial charge in [-0.2, -0.15) is 0 Å². The van der Waals surface area contributed by atoms with Crippen molar-refractivity contribution >= 4 is 57.8 Å². The Labute approximate surface area is 131 Å². The molecule has 2 aromatic rings. The number of hydrogen-bond donors (Lipinski definition) is 1. The minimum absolute atomic E-state index is 0.115. The Hall–Kier alpha value is -1.42. The van der Waals surface area contributed by atoms with Gasteiger partial charge in [0.1, 0.15) is 6.54 Å². The molecule has 0 atom stereocenters. The lowest BCUT2D eigenvalue weighted by Gasteiger charge is -2.31. The highest BCUT2D eigenvalue weighted by molar-refractivity contribution is 6.42. The monoisotopic (exact) mass is 326 g/mol. The topological polar surface area (TPSA) is 32.3 Å². The molecule has 20 heavy (non-hydrogen) atoms. The summed E-state index contributed by atoms with van der Waals surface area (Å²) in [5, 5.41) is 4.23. The Kier molecular flexibility index (Phi) is 3.50. The van der Waals surface area contributed by atoms with Crippen molar-refractivity contribution in [2.75, 3.05) is 16.8 Å². The number of benzene rings is 2. The first-order valence-electron chi connectivity index (χ1n) is 5.86. The molecule has 0 fully saturated rings. The number of hydrogen-bond acceptors (Lipinski definition) is 2. The van der Waals surface area contributed by atoms with Crippen molar-refractivity contribution in [3.63, 3.8) is 0 Å². The molecule has 1 amide bonds. The summed E-state index contributed by atoms with van der Waals surface area (Å²) in [6.07, 6.45) is 0. The zero-order valence-electron chi connectivity index (χ0n) is 10.2. The first kappa shape index (κ1) is 13.6. The van der Waals surface area contributed by atoms with Crippen LogP contribution in [0.5, 0.6) is 0 Å². The number of rotatable bonds is 1. The fourth-order valence-electron chi connectivity index (χ4n) is 2.15. The van der Waals surface area contributed by atoms with Crippen molar-refractivity contribution in [2.45, 2.75) is 0 Å². The lowest BCUT2D eigenvalue weighted by atomic mass is 10.1. The Morgan fingerprint density at radius 3 is 2.55 bits per heavy atom. The maximum atomic E-state index is 11.8. The van der Waals surface area contributed by atoms with E-state index in [9.17, 15) is 4.79 Å². The molecule has 1 N–H and O–H groups in total. The fourth-order valence-corrected chi connectivity index (χ4v) is 2.66. The van der Waals surface area contributed by atoms with Gasteiger partial charge in [-0.25, -0.2) is 0 Å². The normalized spacial score (nSPS) is 13.9. The molecule has 0 saturated carbocycles. The summed E-state index contributed by atoms with van der Waals surface area (Å²) >= 11 is 18.1. The van der Waals surface area contributed by atoms with Crippen LogP contribution in [0.3, 0.4) is 0 Å². The molecule has 6 heteroatoms. The molecule has 2 aromatic carbocycles. The van der Waals surface area contributed by atoms with Crippen molar-refractivity contribution in [2.24, 2.45) is 0 Å². The van der Waals surface area contributed by atoms with Gasteiger partial charge in [0.2, 0.25) is 5.91 Å². The fraction of sp³-hybridized carbons (Fsp3) is 0.0714. The van der Waals surface area contributed by atoms with Gasteiger partial charge in [0.25, 0.3) is 0 Å². The summed E-state index contributed by atoms with van der Waals surface area (Å²) in [5.41, 5.74) is 2.25. The first-order valence-corrected chi connectivity index (χ1v) is 7.00. The summed E-state index contributed by atoms with van der Waals surface area (Å²) in [5.74, 6) is -0.115. The molecule has 1 aliphatic heterocycles. The van der Waals surface area contributed by atoms with Crippen molar-refractivity contribution in [1.29, 1.82) is 0 Å². The van der Waals surface area contributed by atoms with E-state index in [4.69, 9.17) is 34.8 Å². The third-order valence-electron chi connectivity index (χ3n) is 3.03. The molecule has 0 aliphatic carbocycles. The number of fused-ring (bicyclic) bond motifs is 1. The highest BCUT2D eigenvalue weighted by Gasteiger charge is 2.24. The highest BCUT2D eigenvalue weighted by Crippen LogP contribution is 2.40. The van der Waals surface area contributed by atoms with Crippen molar-refractivity contribution in [3.8, 4) is 0 Å². The first-order chi connectivity index (χ1) is 9.54. The maximum Gasteiger partial charge on any atom is 0.244 e. The van der Waals surface area contributed by atoms with Crippen molar-refractivity contribution in [1.82, 2.24) is 0 Å². The number of nitrogens with zero attached hydrogens (tertiary/aromatic N) is 1. The minimum Gasteiger partial charge on any atom is -0.330 e. The van der Waals surface area contributed by atoms with Gasteiger partial charge in [0.05, 0.1) is 21.4 Å².